The zero-order chi connectivity index (χ0) is 15.7. The van der Waals surface area contributed by atoms with Crippen molar-refractivity contribution in [3.8, 4) is 0 Å². The Hall–Kier alpha value is -1.41. The maximum absolute atomic E-state index is 13.6. The summed E-state index contributed by atoms with van der Waals surface area (Å²) in [6.07, 6.45) is 0. The Morgan fingerprint density at radius 3 is 2.00 bits per heavy atom. The summed E-state index contributed by atoms with van der Waals surface area (Å²) in [5.41, 5.74) is -1.28. The molecule has 0 heterocycles. The van der Waals surface area contributed by atoms with Crippen molar-refractivity contribution in [3.05, 3.63) is 62.0 Å². The topological polar surface area (TPSA) is 29.1 Å². The number of hydrogen-bond donors (Lipinski definition) is 1. The fourth-order valence-electron chi connectivity index (χ4n) is 1.60. The van der Waals surface area contributed by atoms with Crippen LogP contribution in [-0.4, -0.2) is 5.91 Å². The van der Waals surface area contributed by atoms with Gasteiger partial charge in [0.15, 0.2) is 5.82 Å². The number of amides is 1. The maximum Gasteiger partial charge on any atom is 0.261 e. The van der Waals surface area contributed by atoms with Gasteiger partial charge in [0.25, 0.3) is 5.91 Å². The summed E-state index contributed by atoms with van der Waals surface area (Å²) < 4.78 is 53.8. The van der Waals surface area contributed by atoms with Gasteiger partial charge in [0.2, 0.25) is 0 Å². The molecule has 2 aromatic carbocycles. The van der Waals surface area contributed by atoms with Gasteiger partial charge in [-0.2, -0.15) is 0 Å². The van der Waals surface area contributed by atoms with Gasteiger partial charge in [-0.25, -0.2) is 17.6 Å². The van der Waals surface area contributed by atoms with Crippen LogP contribution in [0.15, 0.2) is 33.2 Å². The summed E-state index contributed by atoms with van der Waals surface area (Å²) in [7, 11) is 0. The van der Waals surface area contributed by atoms with Gasteiger partial charge in [-0.1, -0.05) is 15.9 Å². The monoisotopic (exact) mass is 425 g/mol. The molecule has 0 radical (unpaired) electrons. The number of halogens is 6. The molecule has 2 nitrogen and oxygen atoms in total. The molecule has 0 unspecified atom stereocenters. The lowest BCUT2D eigenvalue weighted by Crippen LogP contribution is -2.17. The van der Waals surface area contributed by atoms with E-state index < -0.39 is 40.4 Å². The Labute approximate surface area is 133 Å². The van der Waals surface area contributed by atoms with Crippen molar-refractivity contribution in [1.82, 2.24) is 0 Å². The molecule has 0 aliphatic heterocycles. The molecule has 8 heteroatoms. The molecule has 1 N–H and O–H groups in total. The van der Waals surface area contributed by atoms with Gasteiger partial charge in [0, 0.05) is 15.0 Å². The molecule has 0 aliphatic carbocycles. The van der Waals surface area contributed by atoms with E-state index in [1.807, 2.05) is 5.32 Å². The summed E-state index contributed by atoms with van der Waals surface area (Å²) >= 11 is 5.73. The van der Waals surface area contributed by atoms with Crippen LogP contribution >= 0.6 is 31.9 Å². The number of rotatable bonds is 2. The molecule has 0 fully saturated rings. The van der Waals surface area contributed by atoms with Crippen molar-refractivity contribution in [2.45, 2.75) is 0 Å². The van der Waals surface area contributed by atoms with Gasteiger partial charge in [0.1, 0.15) is 23.0 Å². The number of benzene rings is 2. The molecule has 1 amide bonds. The number of nitrogens with one attached hydrogen (secondary N) is 1. The molecular weight excluding hydrogens is 422 g/mol. The first-order valence-corrected chi connectivity index (χ1v) is 6.98. The van der Waals surface area contributed by atoms with Crippen LogP contribution in [0.3, 0.4) is 0 Å². The molecule has 110 valence electrons. The highest BCUT2D eigenvalue weighted by atomic mass is 79.9. The molecule has 21 heavy (non-hydrogen) atoms. The van der Waals surface area contributed by atoms with Crippen LogP contribution in [0.4, 0.5) is 23.2 Å². The van der Waals surface area contributed by atoms with Crippen LogP contribution < -0.4 is 5.32 Å². The van der Waals surface area contributed by atoms with E-state index in [0.717, 1.165) is 18.2 Å². The van der Waals surface area contributed by atoms with Gasteiger partial charge in [-0.3, -0.25) is 4.79 Å². The fraction of sp³-hybridized carbons (Fsp3) is 0. The van der Waals surface area contributed by atoms with Gasteiger partial charge >= 0.3 is 0 Å². The SMILES string of the molecule is O=C(Nc1c(F)cc(F)cc1Br)c1c(F)cc(Br)cc1F. The predicted octanol–water partition coefficient (Wildman–Crippen LogP) is 5.02. The largest absolute Gasteiger partial charge is 0.318 e. The minimum atomic E-state index is -1.19. The van der Waals surface area contributed by atoms with Crippen LogP contribution in [-0.2, 0) is 0 Å². The van der Waals surface area contributed by atoms with E-state index in [1.165, 1.54) is 0 Å². The van der Waals surface area contributed by atoms with Crippen molar-refractivity contribution in [1.29, 1.82) is 0 Å². The fourth-order valence-corrected chi connectivity index (χ4v) is 2.51. The summed E-state index contributed by atoms with van der Waals surface area (Å²) in [5, 5.41) is 2.00. The van der Waals surface area contributed by atoms with Crippen LogP contribution in [0.25, 0.3) is 0 Å². The van der Waals surface area contributed by atoms with Crippen LogP contribution in [0.1, 0.15) is 10.4 Å². The summed E-state index contributed by atoms with van der Waals surface area (Å²) in [6.45, 7) is 0. The highest BCUT2D eigenvalue weighted by molar-refractivity contribution is 9.10. The summed E-state index contributed by atoms with van der Waals surface area (Å²) in [6, 6.07) is 3.24. The molecule has 0 saturated heterocycles. The van der Waals surface area contributed by atoms with Crippen molar-refractivity contribution >= 4 is 43.5 Å². The molecule has 0 saturated carbocycles. The Kier molecular flexibility index (Phi) is 4.67. The molecule has 0 aromatic heterocycles. The average Bonchev–Trinajstić information content (AvgIpc) is 2.32. The molecule has 0 atom stereocenters. The van der Waals surface area contributed by atoms with E-state index in [-0.39, 0.29) is 8.95 Å². The minimum Gasteiger partial charge on any atom is -0.318 e. The lowest BCUT2D eigenvalue weighted by atomic mass is 10.1. The molecule has 0 aliphatic rings. The highest BCUT2D eigenvalue weighted by Crippen LogP contribution is 2.28. The van der Waals surface area contributed by atoms with E-state index in [2.05, 4.69) is 31.9 Å². The average molecular weight is 427 g/mol. The van der Waals surface area contributed by atoms with Crippen molar-refractivity contribution in [3.63, 3.8) is 0 Å². The van der Waals surface area contributed by atoms with E-state index >= 15 is 0 Å². The van der Waals surface area contributed by atoms with E-state index in [4.69, 9.17) is 0 Å². The minimum absolute atomic E-state index is 0.0914. The number of anilines is 1. The lowest BCUT2D eigenvalue weighted by Gasteiger charge is -2.10. The first kappa shape index (κ1) is 16.0. The molecule has 0 spiro atoms. The summed E-state index contributed by atoms with van der Waals surface area (Å²) in [4.78, 5) is 11.9. The first-order valence-electron chi connectivity index (χ1n) is 5.40. The maximum atomic E-state index is 13.6. The van der Waals surface area contributed by atoms with Crippen LogP contribution in [0.5, 0.6) is 0 Å². The smallest absolute Gasteiger partial charge is 0.261 e. The van der Waals surface area contributed by atoms with Crippen LogP contribution in [0.2, 0.25) is 0 Å². The Balaban J connectivity index is 2.40. The van der Waals surface area contributed by atoms with Gasteiger partial charge in [-0.15, -0.1) is 0 Å². The second-order valence-electron chi connectivity index (χ2n) is 3.94. The van der Waals surface area contributed by atoms with E-state index in [0.29, 0.717) is 6.07 Å². The zero-order valence-corrected chi connectivity index (χ0v) is 13.2. The Morgan fingerprint density at radius 2 is 1.48 bits per heavy atom. The van der Waals surface area contributed by atoms with Crippen molar-refractivity contribution < 1.29 is 22.4 Å². The molecule has 2 aromatic rings. The highest BCUT2D eigenvalue weighted by Gasteiger charge is 2.21. The van der Waals surface area contributed by atoms with Gasteiger partial charge < -0.3 is 5.32 Å². The quantitative estimate of drug-likeness (QED) is 0.671. The second kappa shape index (κ2) is 6.15. The first-order chi connectivity index (χ1) is 9.79. The third kappa shape index (κ3) is 3.44. The standard InChI is InChI=1S/C13H5Br2F4NO/c14-5-1-8(17)11(9(18)2-5)13(21)20-12-7(15)3-6(16)4-10(12)19/h1-4H,(H,20,21). The normalized spacial score (nSPS) is 10.6. The third-order valence-corrected chi connectivity index (χ3v) is 3.56. The Morgan fingerprint density at radius 1 is 0.905 bits per heavy atom. The van der Waals surface area contributed by atoms with Crippen molar-refractivity contribution in [2.75, 3.05) is 5.32 Å². The Bertz CT molecular complexity index is 690. The molecular formula is C13H5Br2F4NO. The van der Waals surface area contributed by atoms with Crippen molar-refractivity contribution in [2.24, 2.45) is 0 Å². The predicted molar refractivity (Wildman–Crippen MR) is 76.1 cm³/mol. The van der Waals surface area contributed by atoms with E-state index in [1.54, 1.807) is 0 Å². The van der Waals surface area contributed by atoms with Crippen LogP contribution in [0, 0.1) is 23.3 Å². The van der Waals surface area contributed by atoms with E-state index in [9.17, 15) is 22.4 Å². The zero-order valence-electron chi connectivity index (χ0n) is 9.99. The number of carbonyl (C=O) groups is 1. The third-order valence-electron chi connectivity index (χ3n) is 2.48. The van der Waals surface area contributed by atoms with Gasteiger partial charge in [0.05, 0.1) is 5.69 Å². The summed E-state index contributed by atoms with van der Waals surface area (Å²) in [5.74, 6) is -5.36. The molecule has 2 rings (SSSR count). The number of hydrogen-bond acceptors (Lipinski definition) is 1. The number of carbonyl (C=O) groups excluding carboxylic acids is 1. The van der Waals surface area contributed by atoms with Gasteiger partial charge in [-0.05, 0) is 34.1 Å². The molecule has 0 bridgehead atoms. The lowest BCUT2D eigenvalue weighted by molar-refractivity contribution is 0.101. The second-order valence-corrected chi connectivity index (χ2v) is 5.71.